The third kappa shape index (κ3) is 3.37. The van der Waals surface area contributed by atoms with Gasteiger partial charge in [0.25, 0.3) is 0 Å². The van der Waals surface area contributed by atoms with Crippen molar-refractivity contribution >= 4 is 11.5 Å². The normalized spacial score (nSPS) is 14.4. The number of ether oxygens (including phenoxy) is 2. The lowest BCUT2D eigenvalue weighted by Gasteiger charge is -2.14. The Labute approximate surface area is 139 Å². The summed E-state index contributed by atoms with van der Waals surface area (Å²) in [5.41, 5.74) is -0.268. The average molecular weight is 330 g/mol. The largest absolute Gasteiger partial charge is 0.493 e. The number of methoxy groups -OCH3 is 1. The summed E-state index contributed by atoms with van der Waals surface area (Å²) in [6, 6.07) is 7.10. The van der Waals surface area contributed by atoms with Crippen molar-refractivity contribution in [3.63, 3.8) is 0 Å². The quantitative estimate of drug-likeness (QED) is 0.638. The van der Waals surface area contributed by atoms with Crippen molar-refractivity contribution in [2.24, 2.45) is 0 Å². The first kappa shape index (κ1) is 16.0. The zero-order chi connectivity index (χ0) is 16.9. The molecule has 24 heavy (non-hydrogen) atoms. The number of nitrogens with zero attached hydrogens (tertiary/aromatic N) is 3. The van der Waals surface area contributed by atoms with Gasteiger partial charge in [-0.05, 0) is 25.0 Å². The van der Waals surface area contributed by atoms with Crippen LogP contribution in [-0.4, -0.2) is 28.0 Å². The van der Waals surface area contributed by atoms with Gasteiger partial charge in [0.15, 0.2) is 11.5 Å². The van der Waals surface area contributed by atoms with Crippen LogP contribution in [0.15, 0.2) is 30.6 Å². The number of nitrogens with one attached hydrogen (secondary N) is 1. The molecule has 0 atom stereocenters. The van der Waals surface area contributed by atoms with Gasteiger partial charge in [-0.2, -0.15) is 4.98 Å². The number of hydrogen-bond acceptors (Lipinski definition) is 7. The van der Waals surface area contributed by atoms with Crippen LogP contribution < -0.4 is 14.8 Å². The van der Waals surface area contributed by atoms with Crippen molar-refractivity contribution in [3.05, 3.63) is 40.7 Å². The molecule has 0 aliphatic heterocycles. The number of nitro groups is 1. The van der Waals surface area contributed by atoms with Crippen LogP contribution >= 0.6 is 0 Å². The fourth-order valence-corrected chi connectivity index (χ4v) is 2.78. The zero-order valence-electron chi connectivity index (χ0n) is 13.3. The molecule has 0 amide bonds. The lowest BCUT2D eigenvalue weighted by Crippen LogP contribution is -2.17. The van der Waals surface area contributed by atoms with Crippen LogP contribution in [0.4, 0.5) is 11.5 Å². The maximum atomic E-state index is 11.5. The van der Waals surface area contributed by atoms with Gasteiger partial charge in [-0.1, -0.05) is 25.0 Å². The molecule has 8 nitrogen and oxygen atoms in total. The fraction of sp³-hybridized carbons (Fsp3) is 0.375. The molecular weight excluding hydrogens is 312 g/mol. The van der Waals surface area contributed by atoms with Crippen molar-refractivity contribution in [3.8, 4) is 17.4 Å². The summed E-state index contributed by atoms with van der Waals surface area (Å²) in [5, 5.41) is 14.7. The molecule has 2 aromatic rings. The van der Waals surface area contributed by atoms with E-state index < -0.39 is 4.92 Å². The maximum absolute atomic E-state index is 11.5. The molecule has 0 spiro atoms. The van der Waals surface area contributed by atoms with E-state index in [1.807, 2.05) is 0 Å². The summed E-state index contributed by atoms with van der Waals surface area (Å²) in [6.07, 6.45) is 5.44. The van der Waals surface area contributed by atoms with E-state index in [4.69, 9.17) is 9.47 Å². The SMILES string of the molecule is COc1ccccc1Oc1ncnc(NC2CCCC2)c1[N+](=O)[O-]. The Hall–Kier alpha value is -2.90. The second-order valence-electron chi connectivity index (χ2n) is 5.51. The Morgan fingerprint density at radius 3 is 2.58 bits per heavy atom. The van der Waals surface area contributed by atoms with Crippen molar-refractivity contribution in [1.82, 2.24) is 9.97 Å². The molecule has 0 saturated heterocycles. The predicted molar refractivity (Wildman–Crippen MR) is 87.6 cm³/mol. The fourth-order valence-electron chi connectivity index (χ4n) is 2.78. The summed E-state index contributed by atoms with van der Waals surface area (Å²) in [7, 11) is 1.50. The summed E-state index contributed by atoms with van der Waals surface area (Å²) in [4.78, 5) is 19.0. The van der Waals surface area contributed by atoms with E-state index in [1.165, 1.54) is 13.4 Å². The minimum absolute atomic E-state index is 0.111. The first-order valence-corrected chi connectivity index (χ1v) is 7.76. The number of rotatable bonds is 6. The summed E-state index contributed by atoms with van der Waals surface area (Å²) >= 11 is 0. The van der Waals surface area contributed by atoms with Crippen LogP contribution in [0.5, 0.6) is 17.4 Å². The van der Waals surface area contributed by atoms with Crippen LogP contribution in [0.25, 0.3) is 0 Å². The lowest BCUT2D eigenvalue weighted by atomic mass is 10.2. The summed E-state index contributed by atoms with van der Waals surface area (Å²) in [6.45, 7) is 0. The van der Waals surface area contributed by atoms with Gasteiger partial charge in [0, 0.05) is 6.04 Å². The van der Waals surface area contributed by atoms with E-state index >= 15 is 0 Å². The second-order valence-corrected chi connectivity index (χ2v) is 5.51. The topological polar surface area (TPSA) is 99.4 Å². The van der Waals surface area contributed by atoms with Gasteiger partial charge < -0.3 is 14.8 Å². The molecule has 126 valence electrons. The third-order valence-corrected chi connectivity index (χ3v) is 3.94. The molecular formula is C16H18N4O4. The van der Waals surface area contributed by atoms with E-state index in [9.17, 15) is 10.1 Å². The van der Waals surface area contributed by atoms with E-state index in [0.717, 1.165) is 25.7 Å². The number of aromatic nitrogens is 2. The number of hydrogen-bond donors (Lipinski definition) is 1. The Kier molecular flexibility index (Phi) is 4.74. The van der Waals surface area contributed by atoms with Crippen molar-refractivity contribution < 1.29 is 14.4 Å². The molecule has 1 aromatic carbocycles. The number of benzene rings is 1. The molecule has 3 rings (SSSR count). The Balaban J connectivity index is 1.93. The second kappa shape index (κ2) is 7.12. The van der Waals surface area contributed by atoms with E-state index in [2.05, 4.69) is 15.3 Å². The van der Waals surface area contributed by atoms with E-state index in [0.29, 0.717) is 11.5 Å². The molecule has 1 fully saturated rings. The van der Waals surface area contributed by atoms with Crippen LogP contribution in [-0.2, 0) is 0 Å². The minimum Gasteiger partial charge on any atom is -0.493 e. The van der Waals surface area contributed by atoms with Crippen LogP contribution in [0.1, 0.15) is 25.7 Å². The standard InChI is InChI=1S/C16H18N4O4/c1-23-12-8-4-5-9-13(12)24-16-14(20(21)22)15(17-10-18-16)19-11-6-2-3-7-11/h4-5,8-11H,2-3,6-7H2,1H3,(H,17,18,19). The smallest absolute Gasteiger partial charge is 0.373 e. The molecule has 0 unspecified atom stereocenters. The molecule has 1 heterocycles. The first-order valence-electron chi connectivity index (χ1n) is 7.76. The van der Waals surface area contributed by atoms with Gasteiger partial charge in [-0.3, -0.25) is 10.1 Å². The van der Waals surface area contributed by atoms with Gasteiger partial charge in [0.1, 0.15) is 6.33 Å². The van der Waals surface area contributed by atoms with Gasteiger partial charge in [0.05, 0.1) is 12.0 Å². The molecule has 1 aliphatic carbocycles. The molecule has 0 bridgehead atoms. The highest BCUT2D eigenvalue weighted by Crippen LogP contribution is 2.38. The molecule has 1 N–H and O–H groups in total. The summed E-state index contributed by atoms with van der Waals surface area (Å²) in [5.74, 6) is 0.899. The van der Waals surface area contributed by atoms with Crippen LogP contribution in [0.2, 0.25) is 0 Å². The van der Waals surface area contributed by atoms with E-state index in [-0.39, 0.29) is 23.4 Å². The van der Waals surface area contributed by atoms with Gasteiger partial charge in [-0.25, -0.2) is 4.98 Å². The average Bonchev–Trinajstić information content (AvgIpc) is 3.08. The van der Waals surface area contributed by atoms with Gasteiger partial charge >= 0.3 is 11.6 Å². The van der Waals surface area contributed by atoms with Crippen LogP contribution in [0.3, 0.4) is 0 Å². The van der Waals surface area contributed by atoms with E-state index in [1.54, 1.807) is 24.3 Å². The Morgan fingerprint density at radius 2 is 1.92 bits per heavy atom. The monoisotopic (exact) mass is 330 g/mol. The highest BCUT2D eigenvalue weighted by atomic mass is 16.6. The van der Waals surface area contributed by atoms with Crippen molar-refractivity contribution in [2.45, 2.75) is 31.7 Å². The third-order valence-electron chi connectivity index (χ3n) is 3.94. The number of para-hydroxylation sites is 2. The van der Waals surface area contributed by atoms with Crippen LogP contribution in [0, 0.1) is 10.1 Å². The lowest BCUT2D eigenvalue weighted by molar-refractivity contribution is -0.385. The van der Waals surface area contributed by atoms with Gasteiger partial charge in [-0.15, -0.1) is 0 Å². The predicted octanol–water partition coefficient (Wildman–Crippen LogP) is 3.54. The number of anilines is 1. The molecule has 1 aliphatic rings. The molecule has 8 heteroatoms. The molecule has 1 aromatic heterocycles. The highest BCUT2D eigenvalue weighted by Gasteiger charge is 2.28. The molecule has 1 saturated carbocycles. The zero-order valence-corrected chi connectivity index (χ0v) is 13.3. The molecule has 0 radical (unpaired) electrons. The Bertz CT molecular complexity index is 732. The maximum Gasteiger partial charge on any atom is 0.373 e. The van der Waals surface area contributed by atoms with Crippen molar-refractivity contribution in [1.29, 1.82) is 0 Å². The highest BCUT2D eigenvalue weighted by molar-refractivity contribution is 5.62. The minimum atomic E-state index is -0.526. The van der Waals surface area contributed by atoms with Gasteiger partial charge in [0.2, 0.25) is 5.82 Å². The first-order chi connectivity index (χ1) is 11.7. The van der Waals surface area contributed by atoms with Crippen molar-refractivity contribution in [2.75, 3.05) is 12.4 Å². The Morgan fingerprint density at radius 1 is 1.21 bits per heavy atom. The summed E-state index contributed by atoms with van der Waals surface area (Å²) < 4.78 is 10.8.